The summed E-state index contributed by atoms with van der Waals surface area (Å²) in [6.07, 6.45) is 4.46. The summed E-state index contributed by atoms with van der Waals surface area (Å²) in [7, 11) is 0. The summed E-state index contributed by atoms with van der Waals surface area (Å²) >= 11 is 10.9. The van der Waals surface area contributed by atoms with Crippen LogP contribution in [0.2, 0.25) is 0 Å². The number of ether oxygens (including phenoxy) is 1. The molecule has 0 radical (unpaired) electrons. The normalized spacial score (nSPS) is 10.3. The molecular weight excluding hydrogens is 539 g/mol. The third-order valence-electron chi connectivity index (χ3n) is 3.77. The van der Waals surface area contributed by atoms with Crippen molar-refractivity contribution in [1.82, 2.24) is 5.32 Å². The van der Waals surface area contributed by atoms with Crippen molar-refractivity contribution in [2.75, 3.05) is 11.9 Å². The van der Waals surface area contributed by atoms with Gasteiger partial charge in [0.2, 0.25) is 0 Å². The Morgan fingerprint density at radius 3 is 2.59 bits per heavy atom. The summed E-state index contributed by atoms with van der Waals surface area (Å²) in [6, 6.07) is 13.1. The van der Waals surface area contributed by atoms with Crippen molar-refractivity contribution in [1.29, 1.82) is 0 Å². The minimum Gasteiger partial charge on any atom is -0.493 e. The average molecular weight is 561 g/mol. The Balaban J connectivity index is 1.98. The highest BCUT2D eigenvalue weighted by Crippen LogP contribution is 2.24. The van der Waals surface area contributed by atoms with Crippen LogP contribution in [0, 0.1) is 3.57 Å². The van der Waals surface area contributed by atoms with Gasteiger partial charge in [0.15, 0.2) is 5.11 Å². The Bertz CT molecular complexity index is 784. The van der Waals surface area contributed by atoms with Gasteiger partial charge in [0, 0.05) is 13.7 Å². The third kappa shape index (κ3) is 7.75. The van der Waals surface area contributed by atoms with Crippen LogP contribution >= 0.6 is 50.7 Å². The highest BCUT2D eigenvalue weighted by Gasteiger charge is 2.15. The zero-order valence-electron chi connectivity index (χ0n) is 15.1. The van der Waals surface area contributed by atoms with E-state index in [1.165, 1.54) is 12.8 Å². The lowest BCUT2D eigenvalue weighted by Gasteiger charge is -2.13. The fourth-order valence-electron chi connectivity index (χ4n) is 2.38. The second kappa shape index (κ2) is 11.6. The Kier molecular flexibility index (Phi) is 9.50. The van der Waals surface area contributed by atoms with Crippen LogP contribution in [0.3, 0.4) is 0 Å². The molecule has 2 aromatic rings. The first-order chi connectivity index (χ1) is 13.0. The van der Waals surface area contributed by atoms with Crippen molar-refractivity contribution >= 4 is 67.4 Å². The number of hydrogen-bond acceptors (Lipinski definition) is 3. The summed E-state index contributed by atoms with van der Waals surface area (Å²) in [6.45, 7) is 2.76. The van der Waals surface area contributed by atoms with Crippen molar-refractivity contribution < 1.29 is 9.53 Å². The molecule has 0 saturated carbocycles. The van der Waals surface area contributed by atoms with Gasteiger partial charge in [0.1, 0.15) is 5.75 Å². The van der Waals surface area contributed by atoms with Crippen LogP contribution in [-0.2, 0) is 0 Å². The van der Waals surface area contributed by atoms with Crippen LogP contribution in [0.5, 0.6) is 5.75 Å². The number of carbonyl (C=O) groups is 1. The van der Waals surface area contributed by atoms with Gasteiger partial charge < -0.3 is 10.1 Å². The van der Waals surface area contributed by atoms with E-state index in [1.807, 2.05) is 30.3 Å². The van der Waals surface area contributed by atoms with Crippen LogP contribution in [0.25, 0.3) is 0 Å². The standard InChI is InChI=1S/C20H22BrIN2O2S/c1-2-3-4-5-12-26-18-11-6-14(21)13-17(18)19(25)24-20(27)23-16-9-7-15(22)8-10-16/h6-11,13H,2-5,12H2,1H3,(H2,23,24,25,27). The molecule has 27 heavy (non-hydrogen) atoms. The molecular formula is C20H22BrIN2O2S. The molecule has 0 spiro atoms. The summed E-state index contributed by atoms with van der Waals surface area (Å²) in [5.74, 6) is 0.257. The molecule has 2 rings (SSSR count). The second-order valence-electron chi connectivity index (χ2n) is 5.96. The lowest BCUT2D eigenvalue weighted by atomic mass is 10.2. The molecule has 0 aliphatic heterocycles. The number of anilines is 1. The zero-order valence-corrected chi connectivity index (χ0v) is 19.6. The number of rotatable bonds is 8. The number of benzene rings is 2. The van der Waals surface area contributed by atoms with Gasteiger partial charge in [-0.1, -0.05) is 42.1 Å². The van der Waals surface area contributed by atoms with Gasteiger partial charge in [0.25, 0.3) is 5.91 Å². The minimum atomic E-state index is -0.303. The van der Waals surface area contributed by atoms with Gasteiger partial charge in [0.05, 0.1) is 12.2 Å². The minimum absolute atomic E-state index is 0.245. The number of unbranched alkanes of at least 4 members (excludes halogenated alkanes) is 3. The maximum Gasteiger partial charge on any atom is 0.261 e. The molecule has 0 bridgehead atoms. The highest BCUT2D eigenvalue weighted by atomic mass is 127. The number of hydrogen-bond donors (Lipinski definition) is 2. The van der Waals surface area contributed by atoms with Gasteiger partial charge >= 0.3 is 0 Å². The van der Waals surface area contributed by atoms with Gasteiger partial charge in [-0.2, -0.15) is 0 Å². The maximum absolute atomic E-state index is 12.7. The van der Waals surface area contributed by atoms with E-state index < -0.39 is 0 Å². The first-order valence-corrected chi connectivity index (χ1v) is 11.1. The molecule has 0 aliphatic rings. The summed E-state index contributed by atoms with van der Waals surface area (Å²) in [5, 5.41) is 5.98. The largest absolute Gasteiger partial charge is 0.493 e. The number of amides is 1. The van der Waals surface area contributed by atoms with Crippen LogP contribution in [0.15, 0.2) is 46.9 Å². The lowest BCUT2D eigenvalue weighted by molar-refractivity contribution is 0.0973. The monoisotopic (exact) mass is 560 g/mol. The van der Waals surface area contributed by atoms with E-state index in [2.05, 4.69) is 56.1 Å². The van der Waals surface area contributed by atoms with E-state index in [1.54, 1.807) is 12.1 Å². The average Bonchev–Trinajstić information content (AvgIpc) is 2.64. The predicted octanol–water partition coefficient (Wildman–Crippen LogP) is 6.14. The van der Waals surface area contributed by atoms with Crippen molar-refractivity contribution in [2.45, 2.75) is 32.6 Å². The van der Waals surface area contributed by atoms with E-state index in [4.69, 9.17) is 17.0 Å². The molecule has 1 amide bonds. The van der Waals surface area contributed by atoms with Gasteiger partial charge in [-0.25, -0.2) is 0 Å². The summed E-state index contributed by atoms with van der Waals surface area (Å²) in [4.78, 5) is 12.7. The van der Waals surface area contributed by atoms with Crippen molar-refractivity contribution in [3.05, 3.63) is 56.1 Å². The molecule has 0 heterocycles. The van der Waals surface area contributed by atoms with Crippen LogP contribution in [-0.4, -0.2) is 17.6 Å². The number of nitrogens with one attached hydrogen (secondary N) is 2. The van der Waals surface area contributed by atoms with E-state index >= 15 is 0 Å². The number of halogens is 2. The summed E-state index contributed by atoms with van der Waals surface area (Å²) in [5.41, 5.74) is 1.27. The Hall–Kier alpha value is -1.19. The second-order valence-corrected chi connectivity index (χ2v) is 8.53. The maximum atomic E-state index is 12.7. The number of carbonyl (C=O) groups excluding carboxylic acids is 1. The molecule has 0 saturated heterocycles. The van der Waals surface area contributed by atoms with Gasteiger partial charge in [-0.15, -0.1) is 0 Å². The van der Waals surface area contributed by atoms with Crippen molar-refractivity contribution in [2.24, 2.45) is 0 Å². The third-order valence-corrected chi connectivity index (χ3v) is 5.19. The fraction of sp³-hybridized carbons (Fsp3) is 0.300. The smallest absolute Gasteiger partial charge is 0.261 e. The molecule has 7 heteroatoms. The van der Waals surface area contributed by atoms with Gasteiger partial charge in [-0.05, 0) is 83.7 Å². The molecule has 2 aromatic carbocycles. The highest BCUT2D eigenvalue weighted by molar-refractivity contribution is 14.1. The first kappa shape index (κ1) is 22.1. The summed E-state index contributed by atoms with van der Waals surface area (Å²) < 4.78 is 7.76. The first-order valence-electron chi connectivity index (χ1n) is 8.80. The Labute approximate surface area is 187 Å². The Morgan fingerprint density at radius 2 is 1.89 bits per heavy atom. The van der Waals surface area contributed by atoms with Crippen LogP contribution in [0.1, 0.15) is 43.0 Å². The number of thiocarbonyl (C=S) groups is 1. The molecule has 2 N–H and O–H groups in total. The van der Waals surface area contributed by atoms with Crippen LogP contribution in [0.4, 0.5) is 5.69 Å². The predicted molar refractivity (Wildman–Crippen MR) is 127 cm³/mol. The zero-order chi connectivity index (χ0) is 19.6. The molecule has 0 fully saturated rings. The molecule has 4 nitrogen and oxygen atoms in total. The van der Waals surface area contributed by atoms with Crippen molar-refractivity contribution in [3.8, 4) is 5.75 Å². The fourth-order valence-corrected chi connectivity index (χ4v) is 3.31. The molecule has 0 aliphatic carbocycles. The van der Waals surface area contributed by atoms with Crippen LogP contribution < -0.4 is 15.4 Å². The van der Waals surface area contributed by atoms with E-state index in [0.29, 0.717) is 17.9 Å². The van der Waals surface area contributed by atoms with Gasteiger partial charge in [-0.3, -0.25) is 10.1 Å². The lowest BCUT2D eigenvalue weighted by Crippen LogP contribution is -2.34. The Morgan fingerprint density at radius 1 is 1.15 bits per heavy atom. The quantitative estimate of drug-likeness (QED) is 0.231. The van der Waals surface area contributed by atoms with E-state index in [-0.39, 0.29) is 11.0 Å². The molecule has 0 aromatic heterocycles. The van der Waals surface area contributed by atoms with E-state index in [9.17, 15) is 4.79 Å². The molecule has 0 unspecified atom stereocenters. The van der Waals surface area contributed by atoms with Crippen molar-refractivity contribution in [3.63, 3.8) is 0 Å². The SMILES string of the molecule is CCCCCCOc1ccc(Br)cc1C(=O)NC(=S)Nc1ccc(I)cc1. The topological polar surface area (TPSA) is 50.4 Å². The molecule has 144 valence electrons. The van der Waals surface area contributed by atoms with E-state index in [0.717, 1.165) is 26.6 Å². The molecule has 0 atom stereocenters.